The molecule has 4 aromatic carbocycles. The van der Waals surface area contributed by atoms with Gasteiger partial charge in [-0.15, -0.1) is 0 Å². The van der Waals surface area contributed by atoms with E-state index in [4.69, 9.17) is 0 Å². The zero-order chi connectivity index (χ0) is 25.7. The molecule has 0 N–H and O–H groups in total. The molecular weight excluding hydrogens is 467 g/mol. The average molecular weight is 493 g/mol. The van der Waals surface area contributed by atoms with E-state index in [1.54, 1.807) is 24.3 Å². The maximum absolute atomic E-state index is 14.7. The Morgan fingerprint density at radius 3 is 1.89 bits per heavy atom. The zero-order valence-corrected chi connectivity index (χ0v) is 19.9. The van der Waals surface area contributed by atoms with Gasteiger partial charge in [0.05, 0.1) is 5.56 Å². The molecular formula is C31H25F5. The Hall–Kier alpha value is -3.65. The third kappa shape index (κ3) is 6.12. The van der Waals surface area contributed by atoms with Crippen LogP contribution in [0.25, 0.3) is 10.8 Å². The molecule has 0 aliphatic carbocycles. The Balaban J connectivity index is 1.48. The number of hydrogen-bond donors (Lipinski definition) is 0. The normalized spacial score (nSPS) is 10.9. The van der Waals surface area contributed by atoms with Crippen LogP contribution in [-0.4, -0.2) is 0 Å². The first-order valence-electron chi connectivity index (χ1n) is 12.0. The van der Waals surface area contributed by atoms with Crippen LogP contribution in [0.4, 0.5) is 22.0 Å². The van der Waals surface area contributed by atoms with Crippen LogP contribution in [0.15, 0.2) is 60.7 Å². The summed E-state index contributed by atoms with van der Waals surface area (Å²) in [6.07, 6.45) is 3.54. The van der Waals surface area contributed by atoms with Crippen molar-refractivity contribution in [2.45, 2.75) is 45.4 Å². The molecule has 4 rings (SSSR count). The van der Waals surface area contributed by atoms with E-state index in [0.29, 0.717) is 22.9 Å². The number of rotatable bonds is 7. The third-order valence-electron chi connectivity index (χ3n) is 6.17. The van der Waals surface area contributed by atoms with E-state index in [1.165, 1.54) is 24.3 Å². The highest BCUT2D eigenvalue weighted by Gasteiger charge is 2.14. The Morgan fingerprint density at radius 1 is 0.583 bits per heavy atom. The lowest BCUT2D eigenvalue weighted by Crippen LogP contribution is -2.03. The number of benzene rings is 4. The van der Waals surface area contributed by atoms with Crippen LogP contribution in [0.1, 0.15) is 54.0 Å². The lowest BCUT2D eigenvalue weighted by atomic mass is 9.99. The van der Waals surface area contributed by atoms with Crippen LogP contribution >= 0.6 is 0 Å². The van der Waals surface area contributed by atoms with Crippen molar-refractivity contribution >= 4 is 10.8 Å². The zero-order valence-electron chi connectivity index (χ0n) is 19.9. The topological polar surface area (TPSA) is 0 Å². The first-order valence-corrected chi connectivity index (χ1v) is 12.0. The van der Waals surface area contributed by atoms with Gasteiger partial charge < -0.3 is 0 Å². The first-order chi connectivity index (χ1) is 17.3. The smallest absolute Gasteiger partial charge is 0.142 e. The van der Waals surface area contributed by atoms with E-state index in [-0.39, 0.29) is 35.3 Å². The molecule has 0 heterocycles. The van der Waals surface area contributed by atoms with E-state index in [9.17, 15) is 22.0 Å². The molecule has 0 saturated carbocycles. The maximum Gasteiger partial charge on any atom is 0.142 e. The number of halogens is 5. The molecule has 0 bridgehead atoms. The summed E-state index contributed by atoms with van der Waals surface area (Å²) in [5.41, 5.74) is 0.956. The van der Waals surface area contributed by atoms with Crippen molar-refractivity contribution in [1.82, 2.24) is 0 Å². The second-order valence-corrected chi connectivity index (χ2v) is 8.89. The number of hydrogen-bond acceptors (Lipinski definition) is 0. The minimum atomic E-state index is -0.840. The number of aryl methyl sites for hydroxylation is 2. The molecule has 0 amide bonds. The van der Waals surface area contributed by atoms with Gasteiger partial charge in [-0.2, -0.15) is 0 Å². The van der Waals surface area contributed by atoms with Gasteiger partial charge in [0, 0.05) is 11.1 Å². The van der Waals surface area contributed by atoms with Gasteiger partial charge in [0.25, 0.3) is 0 Å². The molecule has 5 heteroatoms. The van der Waals surface area contributed by atoms with E-state index < -0.39 is 23.3 Å². The SMILES string of the molecule is CCCCCc1cc(F)c(CCc2cc(F)c(C#Cc3ccc4cc(F)ccc4c3)c(F)c2)c(F)c1. The molecule has 0 saturated heterocycles. The Kier molecular flexibility index (Phi) is 8.05. The van der Waals surface area contributed by atoms with Crippen LogP contribution in [0.2, 0.25) is 0 Å². The van der Waals surface area contributed by atoms with Crippen LogP contribution in [-0.2, 0) is 19.3 Å². The molecule has 0 spiro atoms. The molecule has 0 radical (unpaired) electrons. The van der Waals surface area contributed by atoms with E-state index in [0.717, 1.165) is 36.8 Å². The van der Waals surface area contributed by atoms with E-state index in [2.05, 4.69) is 18.8 Å². The summed E-state index contributed by atoms with van der Waals surface area (Å²) in [6.45, 7) is 2.06. The molecule has 0 aromatic heterocycles. The molecule has 184 valence electrons. The van der Waals surface area contributed by atoms with Crippen molar-refractivity contribution in [3.63, 3.8) is 0 Å². The van der Waals surface area contributed by atoms with E-state index >= 15 is 0 Å². The maximum atomic E-state index is 14.7. The van der Waals surface area contributed by atoms with Crippen molar-refractivity contribution in [2.75, 3.05) is 0 Å². The van der Waals surface area contributed by atoms with Crippen LogP contribution < -0.4 is 0 Å². The average Bonchev–Trinajstić information content (AvgIpc) is 2.83. The summed E-state index contributed by atoms with van der Waals surface area (Å²) in [5, 5.41) is 1.45. The predicted molar refractivity (Wildman–Crippen MR) is 133 cm³/mol. The van der Waals surface area contributed by atoms with Gasteiger partial charge in [0.2, 0.25) is 0 Å². The second kappa shape index (κ2) is 11.4. The van der Waals surface area contributed by atoms with Gasteiger partial charge in [-0.05, 0) is 96.1 Å². The lowest BCUT2D eigenvalue weighted by Gasteiger charge is -2.09. The fourth-order valence-corrected chi connectivity index (χ4v) is 4.21. The van der Waals surface area contributed by atoms with Gasteiger partial charge in [-0.25, -0.2) is 22.0 Å². The van der Waals surface area contributed by atoms with Gasteiger partial charge >= 0.3 is 0 Å². The molecule has 0 nitrogen and oxygen atoms in total. The fraction of sp³-hybridized carbons (Fsp3) is 0.226. The highest BCUT2D eigenvalue weighted by molar-refractivity contribution is 5.84. The highest BCUT2D eigenvalue weighted by atomic mass is 19.1. The molecule has 0 fully saturated rings. The van der Waals surface area contributed by atoms with Gasteiger partial charge in [-0.3, -0.25) is 0 Å². The summed E-state index contributed by atoms with van der Waals surface area (Å²) in [5.74, 6) is 1.96. The third-order valence-corrected chi connectivity index (χ3v) is 6.17. The summed E-state index contributed by atoms with van der Waals surface area (Å²) < 4.78 is 71.7. The minimum Gasteiger partial charge on any atom is -0.207 e. The first kappa shape index (κ1) is 25.4. The Labute approximate surface area is 207 Å². The number of unbranched alkanes of at least 4 members (excludes halogenated alkanes) is 2. The standard InChI is InChI=1S/C31H25F5/c1-2-3-4-5-21-15-28(33)27(29(34)16-21)13-8-22-17-30(35)26(31(36)18-22)12-7-20-6-9-24-19-25(32)11-10-23(24)14-20/h6,9-11,14-19H,2-5,8,13H2,1H3. The van der Waals surface area contributed by atoms with Gasteiger partial charge in [0.1, 0.15) is 29.1 Å². The monoisotopic (exact) mass is 492 g/mol. The van der Waals surface area contributed by atoms with Crippen molar-refractivity contribution in [2.24, 2.45) is 0 Å². The van der Waals surface area contributed by atoms with Crippen LogP contribution in [0.3, 0.4) is 0 Å². The summed E-state index contributed by atoms with van der Waals surface area (Å²) >= 11 is 0. The fourth-order valence-electron chi connectivity index (χ4n) is 4.21. The van der Waals surface area contributed by atoms with Crippen molar-refractivity contribution in [3.8, 4) is 11.8 Å². The predicted octanol–water partition coefficient (Wildman–Crippen LogP) is 8.45. The van der Waals surface area contributed by atoms with Gasteiger partial charge in [-0.1, -0.05) is 43.7 Å². The molecule has 0 unspecified atom stereocenters. The van der Waals surface area contributed by atoms with Crippen molar-refractivity contribution in [1.29, 1.82) is 0 Å². The summed E-state index contributed by atoms with van der Waals surface area (Å²) in [4.78, 5) is 0. The van der Waals surface area contributed by atoms with Gasteiger partial charge in [0.15, 0.2) is 0 Å². The van der Waals surface area contributed by atoms with Crippen LogP contribution in [0.5, 0.6) is 0 Å². The molecule has 0 aliphatic heterocycles. The lowest BCUT2D eigenvalue weighted by molar-refractivity contribution is 0.548. The minimum absolute atomic E-state index is 0.0193. The molecule has 4 aromatic rings. The van der Waals surface area contributed by atoms with Crippen LogP contribution in [0, 0.1) is 40.9 Å². The molecule has 0 aliphatic rings. The summed E-state index contributed by atoms with van der Waals surface area (Å²) in [7, 11) is 0. The van der Waals surface area contributed by atoms with E-state index in [1.807, 2.05) is 0 Å². The van der Waals surface area contributed by atoms with Crippen molar-refractivity contribution < 1.29 is 22.0 Å². The highest BCUT2D eigenvalue weighted by Crippen LogP contribution is 2.22. The molecule has 0 atom stereocenters. The second-order valence-electron chi connectivity index (χ2n) is 8.89. The van der Waals surface area contributed by atoms with Crippen molar-refractivity contribution in [3.05, 3.63) is 118 Å². The number of fused-ring (bicyclic) bond motifs is 1. The molecule has 36 heavy (non-hydrogen) atoms. The quantitative estimate of drug-likeness (QED) is 0.138. The Morgan fingerprint density at radius 2 is 1.19 bits per heavy atom. The summed E-state index contributed by atoms with van der Waals surface area (Å²) in [6, 6.07) is 14.4. The largest absolute Gasteiger partial charge is 0.207 e. The Bertz CT molecular complexity index is 1410.